The van der Waals surface area contributed by atoms with Crippen molar-refractivity contribution in [3.8, 4) is 5.75 Å². The van der Waals surface area contributed by atoms with E-state index >= 15 is 0 Å². The molecular weight excluding hydrogens is 287 g/mol. The summed E-state index contributed by atoms with van der Waals surface area (Å²) in [5.74, 6) is 0.209. The minimum atomic E-state index is -0.374. The van der Waals surface area contributed by atoms with Crippen LogP contribution in [-0.2, 0) is 6.61 Å². The second-order valence-electron chi connectivity index (χ2n) is 4.71. The standard InChI is InChI=1S/C17H11FO4/c18-13-3-1-11(2-4-13)9-21-14-5-6-15-16(7-14)22-10-12(8-19)17(15)20/h1-8,10H,9H2. The molecule has 0 aliphatic heterocycles. The van der Waals surface area contributed by atoms with E-state index in [-0.39, 0.29) is 23.4 Å². The highest BCUT2D eigenvalue weighted by molar-refractivity contribution is 5.84. The van der Waals surface area contributed by atoms with Gasteiger partial charge in [-0.3, -0.25) is 9.59 Å². The lowest BCUT2D eigenvalue weighted by Crippen LogP contribution is -2.07. The number of aldehydes is 1. The van der Waals surface area contributed by atoms with Crippen LogP contribution < -0.4 is 10.2 Å². The molecule has 22 heavy (non-hydrogen) atoms. The fraction of sp³-hybridized carbons (Fsp3) is 0.0588. The molecule has 1 aromatic heterocycles. The summed E-state index contributed by atoms with van der Waals surface area (Å²) in [6.07, 6.45) is 1.59. The number of rotatable bonds is 4. The van der Waals surface area contributed by atoms with E-state index < -0.39 is 0 Å². The van der Waals surface area contributed by atoms with E-state index in [4.69, 9.17) is 9.15 Å². The van der Waals surface area contributed by atoms with Gasteiger partial charge in [0.1, 0.15) is 30.0 Å². The zero-order chi connectivity index (χ0) is 15.5. The Bertz CT molecular complexity index is 881. The van der Waals surface area contributed by atoms with Crippen LogP contribution in [0, 0.1) is 5.82 Å². The molecule has 0 N–H and O–H groups in total. The molecule has 1 heterocycles. The lowest BCUT2D eigenvalue weighted by Gasteiger charge is -2.07. The lowest BCUT2D eigenvalue weighted by molar-refractivity contribution is 0.112. The second kappa shape index (κ2) is 5.81. The normalized spacial score (nSPS) is 10.6. The predicted molar refractivity (Wildman–Crippen MR) is 78.6 cm³/mol. The third-order valence-corrected chi connectivity index (χ3v) is 3.22. The number of hydrogen-bond donors (Lipinski definition) is 0. The van der Waals surface area contributed by atoms with E-state index in [0.29, 0.717) is 23.0 Å². The maximum Gasteiger partial charge on any atom is 0.203 e. The quantitative estimate of drug-likeness (QED) is 0.693. The molecule has 2 aromatic carbocycles. The van der Waals surface area contributed by atoms with Crippen molar-refractivity contribution in [2.24, 2.45) is 0 Å². The first-order valence-electron chi connectivity index (χ1n) is 6.55. The number of ether oxygens (including phenoxy) is 1. The minimum Gasteiger partial charge on any atom is -0.489 e. The molecule has 4 nitrogen and oxygen atoms in total. The molecule has 0 saturated heterocycles. The van der Waals surface area contributed by atoms with Gasteiger partial charge in [0.2, 0.25) is 5.43 Å². The Kier molecular flexibility index (Phi) is 3.70. The number of halogens is 1. The molecule has 0 saturated carbocycles. The molecule has 3 aromatic rings. The monoisotopic (exact) mass is 298 g/mol. The Morgan fingerprint density at radius 2 is 1.91 bits per heavy atom. The smallest absolute Gasteiger partial charge is 0.203 e. The number of fused-ring (bicyclic) bond motifs is 1. The average Bonchev–Trinajstić information content (AvgIpc) is 2.55. The van der Waals surface area contributed by atoms with Gasteiger partial charge in [0, 0.05) is 6.07 Å². The van der Waals surface area contributed by atoms with Crippen molar-refractivity contribution in [3.05, 3.63) is 75.9 Å². The maximum absolute atomic E-state index is 12.8. The van der Waals surface area contributed by atoms with Gasteiger partial charge in [0.25, 0.3) is 0 Å². The van der Waals surface area contributed by atoms with Crippen molar-refractivity contribution in [2.45, 2.75) is 6.61 Å². The van der Waals surface area contributed by atoms with Crippen molar-refractivity contribution < 1.29 is 18.3 Å². The topological polar surface area (TPSA) is 56.5 Å². The second-order valence-corrected chi connectivity index (χ2v) is 4.71. The minimum absolute atomic E-state index is 0.0209. The highest BCUT2D eigenvalue weighted by Crippen LogP contribution is 2.20. The molecule has 0 bridgehead atoms. The van der Waals surface area contributed by atoms with Crippen molar-refractivity contribution >= 4 is 17.3 Å². The zero-order valence-electron chi connectivity index (χ0n) is 11.4. The summed E-state index contributed by atoms with van der Waals surface area (Å²) in [7, 11) is 0. The average molecular weight is 298 g/mol. The fourth-order valence-corrected chi connectivity index (χ4v) is 2.04. The van der Waals surface area contributed by atoms with E-state index in [1.54, 1.807) is 30.3 Å². The van der Waals surface area contributed by atoms with Gasteiger partial charge in [-0.15, -0.1) is 0 Å². The van der Waals surface area contributed by atoms with Gasteiger partial charge in [-0.2, -0.15) is 0 Å². The first-order chi connectivity index (χ1) is 10.7. The van der Waals surface area contributed by atoms with Gasteiger partial charge in [-0.05, 0) is 29.8 Å². The third kappa shape index (κ3) is 2.74. The van der Waals surface area contributed by atoms with Crippen molar-refractivity contribution in [3.63, 3.8) is 0 Å². The Labute approximate surface area is 124 Å². The number of benzene rings is 2. The number of carbonyl (C=O) groups excluding carboxylic acids is 1. The van der Waals surface area contributed by atoms with Crippen LogP contribution in [0.3, 0.4) is 0 Å². The van der Waals surface area contributed by atoms with Gasteiger partial charge in [0.05, 0.1) is 10.9 Å². The van der Waals surface area contributed by atoms with Gasteiger partial charge in [0.15, 0.2) is 6.29 Å². The van der Waals surface area contributed by atoms with Crippen LogP contribution >= 0.6 is 0 Å². The first-order valence-corrected chi connectivity index (χ1v) is 6.55. The summed E-state index contributed by atoms with van der Waals surface area (Å²) in [5.41, 5.74) is 0.764. The highest BCUT2D eigenvalue weighted by atomic mass is 19.1. The molecule has 0 atom stereocenters. The van der Waals surface area contributed by atoms with E-state index in [0.717, 1.165) is 11.8 Å². The predicted octanol–water partition coefficient (Wildman–Crippen LogP) is 3.32. The lowest BCUT2D eigenvalue weighted by atomic mass is 10.2. The number of hydrogen-bond acceptors (Lipinski definition) is 4. The molecule has 0 radical (unpaired) electrons. The Hall–Kier alpha value is -2.95. The first kappa shape index (κ1) is 14.0. The van der Waals surface area contributed by atoms with Gasteiger partial charge < -0.3 is 9.15 Å². The van der Waals surface area contributed by atoms with Crippen LogP contribution in [0.4, 0.5) is 4.39 Å². The van der Waals surface area contributed by atoms with Gasteiger partial charge in [-0.25, -0.2) is 4.39 Å². The summed E-state index contributed by atoms with van der Waals surface area (Å²) in [6.45, 7) is 0.266. The molecule has 0 aliphatic rings. The highest BCUT2D eigenvalue weighted by Gasteiger charge is 2.07. The Morgan fingerprint density at radius 3 is 2.64 bits per heavy atom. The zero-order valence-corrected chi connectivity index (χ0v) is 11.4. The van der Waals surface area contributed by atoms with Crippen LogP contribution in [0.15, 0.2) is 57.9 Å². The van der Waals surface area contributed by atoms with Gasteiger partial charge in [-0.1, -0.05) is 12.1 Å². The molecule has 0 aliphatic carbocycles. The molecule has 0 unspecified atom stereocenters. The summed E-state index contributed by atoms with van der Waals surface area (Å²) in [4.78, 5) is 22.6. The molecule has 0 amide bonds. The van der Waals surface area contributed by atoms with E-state index in [1.807, 2.05) is 0 Å². The van der Waals surface area contributed by atoms with Crippen LogP contribution in [0.25, 0.3) is 11.0 Å². The number of carbonyl (C=O) groups is 1. The molecular formula is C17H11FO4. The van der Waals surface area contributed by atoms with Crippen LogP contribution in [0.2, 0.25) is 0 Å². The van der Waals surface area contributed by atoms with Crippen molar-refractivity contribution in [1.82, 2.24) is 0 Å². The molecule has 5 heteroatoms. The summed E-state index contributed by atoms with van der Waals surface area (Å²) >= 11 is 0. The van der Waals surface area contributed by atoms with Crippen LogP contribution in [0.1, 0.15) is 15.9 Å². The van der Waals surface area contributed by atoms with Crippen molar-refractivity contribution in [2.75, 3.05) is 0 Å². The van der Waals surface area contributed by atoms with E-state index in [9.17, 15) is 14.0 Å². The van der Waals surface area contributed by atoms with E-state index in [2.05, 4.69) is 0 Å². The molecule has 0 fully saturated rings. The molecule has 110 valence electrons. The summed E-state index contributed by atoms with van der Waals surface area (Å²) in [5, 5.41) is 0.318. The Morgan fingerprint density at radius 1 is 1.14 bits per heavy atom. The maximum atomic E-state index is 12.8. The fourth-order valence-electron chi connectivity index (χ4n) is 2.04. The van der Waals surface area contributed by atoms with Crippen LogP contribution in [0.5, 0.6) is 5.75 Å². The largest absolute Gasteiger partial charge is 0.489 e. The van der Waals surface area contributed by atoms with E-state index in [1.165, 1.54) is 12.1 Å². The summed E-state index contributed by atoms with van der Waals surface area (Å²) < 4.78 is 23.7. The molecule has 3 rings (SSSR count). The summed E-state index contributed by atoms with van der Waals surface area (Å²) in [6, 6.07) is 10.7. The van der Waals surface area contributed by atoms with Gasteiger partial charge >= 0.3 is 0 Å². The SMILES string of the molecule is O=Cc1coc2cc(OCc3ccc(F)cc3)ccc2c1=O. The third-order valence-electron chi connectivity index (χ3n) is 3.22. The van der Waals surface area contributed by atoms with Crippen LogP contribution in [-0.4, -0.2) is 6.29 Å². The molecule has 0 spiro atoms. The van der Waals surface area contributed by atoms with Crippen molar-refractivity contribution in [1.29, 1.82) is 0 Å². The Balaban J connectivity index is 1.84.